The Hall–Kier alpha value is -5.24. The van der Waals surface area contributed by atoms with Crippen LogP contribution in [0.1, 0.15) is 34.0 Å². The zero-order chi connectivity index (χ0) is 26.2. The Balaban J connectivity index is 1.31. The highest BCUT2D eigenvalue weighted by molar-refractivity contribution is 5.91. The molecule has 1 aliphatic heterocycles. The van der Waals surface area contributed by atoms with Crippen molar-refractivity contribution in [2.24, 2.45) is 5.16 Å². The molecular weight excluding hydrogens is 490 g/mol. The van der Waals surface area contributed by atoms with E-state index in [1.54, 1.807) is 24.2 Å². The minimum absolute atomic E-state index is 0.120. The topological polar surface area (TPSA) is 83.1 Å². The van der Waals surface area contributed by atoms with Crippen LogP contribution >= 0.6 is 0 Å². The average Bonchev–Trinajstić information content (AvgIpc) is 3.42. The summed E-state index contributed by atoms with van der Waals surface area (Å²) in [5, 5.41) is 10.8. The first-order valence-corrected chi connectivity index (χ1v) is 12.6. The van der Waals surface area contributed by atoms with Gasteiger partial charge in [0.05, 0.1) is 18.9 Å². The van der Waals surface area contributed by atoms with Crippen LogP contribution in [-0.4, -0.2) is 32.9 Å². The van der Waals surface area contributed by atoms with Gasteiger partial charge in [-0.15, -0.1) is 5.10 Å². The zero-order valence-electron chi connectivity index (χ0n) is 21.1. The highest BCUT2D eigenvalue weighted by atomic mass is 16.6. The summed E-state index contributed by atoms with van der Waals surface area (Å²) in [7, 11) is 1.66. The van der Waals surface area contributed by atoms with E-state index in [0.29, 0.717) is 17.4 Å². The van der Waals surface area contributed by atoms with Gasteiger partial charge in [-0.1, -0.05) is 84.0 Å². The third-order valence-electron chi connectivity index (χ3n) is 6.86. The number of methoxy groups -OCH3 is 1. The van der Waals surface area contributed by atoms with Crippen LogP contribution in [0, 0.1) is 0 Å². The number of rotatable bonds is 6. The Kier molecular flexibility index (Phi) is 5.62. The largest absolute Gasteiger partial charge is 0.497 e. The van der Waals surface area contributed by atoms with E-state index >= 15 is 0 Å². The Labute approximate surface area is 224 Å². The number of aromatic nitrogens is 4. The predicted molar refractivity (Wildman–Crippen MR) is 148 cm³/mol. The molecule has 6 aromatic rings. The van der Waals surface area contributed by atoms with Crippen LogP contribution in [0.15, 0.2) is 102 Å². The lowest BCUT2D eigenvalue weighted by molar-refractivity contribution is 0.126. The SMILES string of the molecule is COc1ccc([C@@H]2c3ccc4ccccc4c3Oc3ncn4nc(CO/N=C\c5ccccc5)nc4c32)cc1. The van der Waals surface area contributed by atoms with Gasteiger partial charge in [-0.2, -0.15) is 0 Å². The quantitative estimate of drug-likeness (QED) is 0.197. The van der Waals surface area contributed by atoms with Crippen LogP contribution < -0.4 is 9.47 Å². The average molecular weight is 514 g/mol. The lowest BCUT2D eigenvalue weighted by Crippen LogP contribution is -2.15. The van der Waals surface area contributed by atoms with E-state index in [9.17, 15) is 0 Å². The van der Waals surface area contributed by atoms with E-state index in [1.165, 1.54) is 0 Å². The van der Waals surface area contributed by atoms with Gasteiger partial charge in [0.2, 0.25) is 5.88 Å². The molecule has 2 aromatic heterocycles. The van der Waals surface area contributed by atoms with Crippen molar-refractivity contribution in [3.05, 3.63) is 125 Å². The van der Waals surface area contributed by atoms with Crippen molar-refractivity contribution in [3.8, 4) is 17.4 Å². The summed E-state index contributed by atoms with van der Waals surface area (Å²) in [5.74, 6) is 2.42. The molecule has 0 fully saturated rings. The highest BCUT2D eigenvalue weighted by Gasteiger charge is 2.34. The Morgan fingerprint density at radius 3 is 2.62 bits per heavy atom. The van der Waals surface area contributed by atoms with Gasteiger partial charge in [0.15, 0.2) is 18.1 Å². The summed E-state index contributed by atoms with van der Waals surface area (Å²) in [5.41, 5.74) is 4.56. The molecule has 1 atom stereocenters. The van der Waals surface area contributed by atoms with E-state index in [-0.39, 0.29) is 12.5 Å². The molecule has 0 saturated heterocycles. The standard InChI is InChI=1S/C31H23N5O3/c1-37-23-14-11-22(12-15-23)27-25-16-13-21-9-5-6-10-24(21)29(25)39-31-28(27)30-34-26(35-36(30)19-32-31)18-38-33-17-20-7-3-2-4-8-20/h2-17,19,27H,18H2,1H3/b33-17-/t27-/m1/s1. The minimum atomic E-state index is -0.176. The molecule has 8 heteroatoms. The minimum Gasteiger partial charge on any atom is -0.497 e. The van der Waals surface area contributed by atoms with E-state index in [2.05, 4.69) is 51.6 Å². The fraction of sp³-hybridized carbons (Fsp3) is 0.0968. The second kappa shape index (κ2) is 9.57. The molecule has 0 radical (unpaired) electrons. The number of ether oxygens (including phenoxy) is 2. The van der Waals surface area contributed by atoms with Crippen molar-refractivity contribution in [2.45, 2.75) is 12.5 Å². The van der Waals surface area contributed by atoms with Crippen LogP contribution in [-0.2, 0) is 11.4 Å². The predicted octanol–water partition coefficient (Wildman–Crippen LogP) is 6.12. The maximum atomic E-state index is 6.48. The Morgan fingerprint density at radius 1 is 0.949 bits per heavy atom. The third-order valence-corrected chi connectivity index (χ3v) is 6.86. The molecule has 7 rings (SSSR count). The lowest BCUT2D eigenvalue weighted by Gasteiger charge is -2.28. The van der Waals surface area contributed by atoms with Crippen molar-refractivity contribution in [3.63, 3.8) is 0 Å². The second-order valence-electron chi connectivity index (χ2n) is 9.19. The molecule has 3 heterocycles. The molecule has 0 aliphatic carbocycles. The fourth-order valence-corrected chi connectivity index (χ4v) is 5.03. The van der Waals surface area contributed by atoms with Gasteiger partial charge in [-0.25, -0.2) is 14.5 Å². The van der Waals surface area contributed by atoms with Crippen LogP contribution in [0.5, 0.6) is 17.4 Å². The van der Waals surface area contributed by atoms with Crippen LogP contribution in [0.2, 0.25) is 0 Å². The number of oxime groups is 1. The maximum Gasteiger partial charge on any atom is 0.228 e. The van der Waals surface area contributed by atoms with Gasteiger partial charge in [-0.05, 0) is 28.6 Å². The summed E-state index contributed by atoms with van der Waals surface area (Å²) < 4.78 is 13.6. The molecule has 190 valence electrons. The molecule has 0 saturated carbocycles. The summed E-state index contributed by atoms with van der Waals surface area (Å²) in [6.07, 6.45) is 3.28. The summed E-state index contributed by atoms with van der Waals surface area (Å²) in [6, 6.07) is 30.3. The lowest BCUT2D eigenvalue weighted by atomic mass is 9.83. The smallest absolute Gasteiger partial charge is 0.228 e. The molecule has 0 bridgehead atoms. The van der Waals surface area contributed by atoms with Crippen molar-refractivity contribution in [1.29, 1.82) is 0 Å². The second-order valence-corrected chi connectivity index (χ2v) is 9.19. The summed E-state index contributed by atoms with van der Waals surface area (Å²) in [4.78, 5) is 15.0. The van der Waals surface area contributed by atoms with Crippen molar-refractivity contribution in [1.82, 2.24) is 19.6 Å². The van der Waals surface area contributed by atoms with Crippen molar-refractivity contribution >= 4 is 22.6 Å². The van der Waals surface area contributed by atoms with Gasteiger partial charge in [0, 0.05) is 16.9 Å². The van der Waals surface area contributed by atoms with E-state index in [1.807, 2.05) is 54.6 Å². The van der Waals surface area contributed by atoms with Gasteiger partial charge in [0.25, 0.3) is 0 Å². The normalized spacial score (nSPS) is 14.2. The number of hydrogen-bond donors (Lipinski definition) is 0. The summed E-state index contributed by atoms with van der Waals surface area (Å²) in [6.45, 7) is 0.120. The van der Waals surface area contributed by atoms with E-state index in [0.717, 1.165) is 44.5 Å². The highest BCUT2D eigenvalue weighted by Crippen LogP contribution is 2.50. The summed E-state index contributed by atoms with van der Waals surface area (Å²) >= 11 is 0. The number of benzene rings is 4. The molecule has 0 unspecified atom stereocenters. The van der Waals surface area contributed by atoms with Gasteiger partial charge in [-0.3, -0.25) is 0 Å². The van der Waals surface area contributed by atoms with E-state index in [4.69, 9.17) is 19.3 Å². The number of nitrogens with zero attached hydrogens (tertiary/aromatic N) is 5. The van der Waals surface area contributed by atoms with E-state index < -0.39 is 0 Å². The van der Waals surface area contributed by atoms with Crippen molar-refractivity contribution in [2.75, 3.05) is 7.11 Å². The monoisotopic (exact) mass is 513 g/mol. The van der Waals surface area contributed by atoms with Gasteiger partial charge >= 0.3 is 0 Å². The molecule has 4 aromatic carbocycles. The fourth-order valence-electron chi connectivity index (χ4n) is 5.03. The molecule has 39 heavy (non-hydrogen) atoms. The van der Waals surface area contributed by atoms with Gasteiger partial charge < -0.3 is 14.3 Å². The maximum absolute atomic E-state index is 6.48. The van der Waals surface area contributed by atoms with Gasteiger partial charge in [0.1, 0.15) is 17.8 Å². The first kappa shape index (κ1) is 22.9. The van der Waals surface area contributed by atoms with Crippen molar-refractivity contribution < 1.29 is 14.3 Å². The first-order chi connectivity index (χ1) is 19.3. The van der Waals surface area contributed by atoms with Crippen LogP contribution in [0.3, 0.4) is 0 Å². The molecular formula is C31H23N5O3. The number of hydrogen-bond acceptors (Lipinski definition) is 7. The molecule has 0 spiro atoms. The Bertz CT molecular complexity index is 1830. The third kappa shape index (κ3) is 4.12. The zero-order valence-corrected chi connectivity index (χ0v) is 21.1. The first-order valence-electron chi connectivity index (χ1n) is 12.6. The van der Waals surface area contributed by atoms with Crippen LogP contribution in [0.25, 0.3) is 16.4 Å². The Morgan fingerprint density at radius 2 is 1.77 bits per heavy atom. The van der Waals surface area contributed by atoms with Crippen LogP contribution in [0.4, 0.5) is 0 Å². The number of fused-ring (bicyclic) bond motifs is 6. The molecule has 1 aliphatic rings. The molecule has 8 nitrogen and oxygen atoms in total. The molecule has 0 N–H and O–H groups in total. The molecule has 0 amide bonds.